The average Bonchev–Trinajstić information content (AvgIpc) is 2.92. The molecule has 1 amide bonds. The molecule has 0 aliphatic carbocycles. The third kappa shape index (κ3) is 3.45. The van der Waals surface area contributed by atoms with E-state index in [1.807, 2.05) is 0 Å². The van der Waals surface area contributed by atoms with Gasteiger partial charge < -0.3 is 9.73 Å². The summed E-state index contributed by atoms with van der Waals surface area (Å²) in [6, 6.07) is 6.28. The van der Waals surface area contributed by atoms with Gasteiger partial charge in [0, 0.05) is 12.8 Å². The van der Waals surface area contributed by atoms with Crippen LogP contribution in [0.1, 0.15) is 12.3 Å². The van der Waals surface area contributed by atoms with Gasteiger partial charge in [-0.3, -0.25) is 4.79 Å². The van der Waals surface area contributed by atoms with Crippen LogP contribution in [0, 0.1) is 18.2 Å². The van der Waals surface area contributed by atoms with Crippen molar-refractivity contribution < 1.29 is 13.6 Å². The van der Waals surface area contributed by atoms with Gasteiger partial charge >= 0.3 is 0 Å². The normalized spacial score (nSPS) is 10.0. The molecule has 0 aliphatic rings. The lowest BCUT2D eigenvalue weighted by molar-refractivity contribution is -0.120. The topological polar surface area (TPSA) is 55.1 Å². The molecule has 0 atom stereocenters. The number of amides is 1. The molecule has 0 unspecified atom stereocenters. The molecule has 0 spiro atoms. The van der Waals surface area contributed by atoms with Crippen molar-refractivity contribution in [3.05, 3.63) is 42.2 Å². The molecule has 0 saturated heterocycles. The van der Waals surface area contributed by atoms with Gasteiger partial charge in [0.1, 0.15) is 5.82 Å². The molecule has 0 fully saturated rings. The Morgan fingerprint density at radius 2 is 2.25 bits per heavy atom. The van der Waals surface area contributed by atoms with Crippen LogP contribution in [0.4, 0.5) is 4.39 Å². The van der Waals surface area contributed by atoms with Gasteiger partial charge in [-0.05, 0) is 12.1 Å². The molecule has 0 saturated carbocycles. The van der Waals surface area contributed by atoms with Crippen LogP contribution in [0.15, 0.2) is 34.9 Å². The van der Waals surface area contributed by atoms with Gasteiger partial charge in [-0.25, -0.2) is 9.37 Å². The van der Waals surface area contributed by atoms with Crippen molar-refractivity contribution in [3.8, 4) is 23.7 Å². The number of hydrogen-bond donors (Lipinski definition) is 1. The van der Waals surface area contributed by atoms with Crippen LogP contribution in [-0.2, 0) is 11.2 Å². The Morgan fingerprint density at radius 3 is 3.00 bits per heavy atom. The lowest BCUT2D eigenvalue weighted by atomic mass is 10.2. The molecule has 1 N–H and O–H groups in total. The lowest BCUT2D eigenvalue weighted by Gasteiger charge is -1.99. The highest BCUT2D eigenvalue weighted by Crippen LogP contribution is 2.23. The van der Waals surface area contributed by atoms with E-state index in [1.165, 1.54) is 12.3 Å². The second-order valence-corrected chi connectivity index (χ2v) is 4.08. The molecule has 2 aromatic rings. The van der Waals surface area contributed by atoms with Gasteiger partial charge in [-0.2, -0.15) is 0 Å². The summed E-state index contributed by atoms with van der Waals surface area (Å²) in [5, 5.41) is 2.55. The molecular weight excluding hydrogens is 259 g/mol. The maximum Gasteiger partial charge on any atom is 0.221 e. The molecule has 5 heteroatoms. The minimum atomic E-state index is -0.373. The lowest BCUT2D eigenvalue weighted by Crippen LogP contribution is -2.23. The zero-order chi connectivity index (χ0) is 14.4. The minimum absolute atomic E-state index is 0.173. The smallest absolute Gasteiger partial charge is 0.221 e. The van der Waals surface area contributed by atoms with E-state index in [4.69, 9.17) is 10.8 Å². The van der Waals surface area contributed by atoms with Crippen molar-refractivity contribution in [2.75, 3.05) is 6.54 Å². The van der Waals surface area contributed by atoms with Crippen molar-refractivity contribution in [3.63, 3.8) is 0 Å². The van der Waals surface area contributed by atoms with Crippen LogP contribution in [0.5, 0.6) is 0 Å². The van der Waals surface area contributed by atoms with Crippen LogP contribution in [-0.4, -0.2) is 17.4 Å². The summed E-state index contributed by atoms with van der Waals surface area (Å²) in [4.78, 5) is 15.4. The van der Waals surface area contributed by atoms with Crippen molar-refractivity contribution in [1.29, 1.82) is 0 Å². The second kappa shape index (κ2) is 6.53. The first kappa shape index (κ1) is 13.8. The van der Waals surface area contributed by atoms with Crippen molar-refractivity contribution >= 4 is 5.91 Å². The van der Waals surface area contributed by atoms with Gasteiger partial charge in [0.15, 0.2) is 11.7 Å². The summed E-state index contributed by atoms with van der Waals surface area (Å²) in [7, 11) is 0. The first-order valence-corrected chi connectivity index (χ1v) is 6.10. The molecular formula is C15H13FN2O2. The predicted octanol–water partition coefficient (Wildman–Crippen LogP) is 2.16. The third-order valence-electron chi connectivity index (χ3n) is 2.65. The number of rotatable bonds is 5. The number of aromatic nitrogens is 1. The third-order valence-corrected chi connectivity index (χ3v) is 2.65. The Hall–Kier alpha value is -2.61. The summed E-state index contributed by atoms with van der Waals surface area (Å²) in [6.07, 6.45) is 7.05. The Kier molecular flexibility index (Phi) is 4.51. The van der Waals surface area contributed by atoms with Crippen LogP contribution in [0.25, 0.3) is 11.3 Å². The van der Waals surface area contributed by atoms with Gasteiger partial charge in [0.2, 0.25) is 5.91 Å². The highest BCUT2D eigenvalue weighted by molar-refractivity contribution is 5.76. The SMILES string of the molecule is C#CCNC(=O)CCc1ncc(-c2ccccc2F)o1. The summed E-state index contributed by atoms with van der Waals surface area (Å²) in [6.45, 7) is 0.199. The molecule has 0 bridgehead atoms. The second-order valence-electron chi connectivity index (χ2n) is 4.08. The van der Waals surface area contributed by atoms with Gasteiger partial charge in [0.25, 0.3) is 0 Å². The van der Waals surface area contributed by atoms with E-state index in [9.17, 15) is 9.18 Å². The zero-order valence-corrected chi connectivity index (χ0v) is 10.7. The standard InChI is InChI=1S/C15H13FN2O2/c1-2-9-17-14(19)7-8-15-18-10-13(20-15)11-5-3-4-6-12(11)16/h1,3-6,10H,7-9H2,(H,17,19). The quantitative estimate of drug-likeness (QED) is 0.849. The number of nitrogens with zero attached hydrogens (tertiary/aromatic N) is 1. The molecule has 102 valence electrons. The predicted molar refractivity (Wildman–Crippen MR) is 72.1 cm³/mol. The molecule has 2 rings (SSSR count). The number of nitrogens with one attached hydrogen (secondary N) is 1. The number of carbonyl (C=O) groups is 1. The van der Waals surface area contributed by atoms with E-state index in [-0.39, 0.29) is 24.7 Å². The number of aryl methyl sites for hydroxylation is 1. The molecule has 0 aliphatic heterocycles. The fourth-order valence-electron chi connectivity index (χ4n) is 1.67. The number of oxazole rings is 1. The number of benzene rings is 1. The monoisotopic (exact) mass is 272 g/mol. The van der Waals surface area contributed by atoms with Crippen LogP contribution >= 0.6 is 0 Å². The first-order valence-electron chi connectivity index (χ1n) is 6.10. The molecule has 0 radical (unpaired) electrons. The molecule has 1 aromatic heterocycles. The van der Waals surface area contributed by atoms with Crippen LogP contribution in [0.3, 0.4) is 0 Å². The zero-order valence-electron chi connectivity index (χ0n) is 10.7. The fraction of sp³-hybridized carbons (Fsp3) is 0.200. The van der Waals surface area contributed by atoms with Gasteiger partial charge in [0.05, 0.1) is 18.3 Å². The van der Waals surface area contributed by atoms with Crippen molar-refractivity contribution in [1.82, 2.24) is 10.3 Å². The number of hydrogen-bond acceptors (Lipinski definition) is 3. The van der Waals surface area contributed by atoms with Gasteiger partial charge in [-0.15, -0.1) is 6.42 Å². The Bertz CT molecular complexity index is 643. The molecule has 20 heavy (non-hydrogen) atoms. The maximum atomic E-state index is 13.6. The summed E-state index contributed by atoms with van der Waals surface area (Å²) >= 11 is 0. The molecule has 1 heterocycles. The fourth-order valence-corrected chi connectivity index (χ4v) is 1.67. The summed E-state index contributed by atoms with van der Waals surface area (Å²) in [5.41, 5.74) is 0.350. The minimum Gasteiger partial charge on any atom is -0.441 e. The number of carbonyl (C=O) groups excluding carboxylic acids is 1. The maximum absolute atomic E-state index is 13.6. The Morgan fingerprint density at radius 1 is 1.45 bits per heavy atom. The van der Waals surface area contributed by atoms with E-state index in [2.05, 4.69) is 16.2 Å². The highest BCUT2D eigenvalue weighted by Gasteiger charge is 2.11. The van der Waals surface area contributed by atoms with E-state index in [1.54, 1.807) is 18.2 Å². The van der Waals surface area contributed by atoms with Gasteiger partial charge in [-0.1, -0.05) is 18.1 Å². The first-order chi connectivity index (χ1) is 9.70. The molecule has 4 nitrogen and oxygen atoms in total. The van der Waals surface area contributed by atoms with E-state index < -0.39 is 0 Å². The van der Waals surface area contributed by atoms with Crippen molar-refractivity contribution in [2.24, 2.45) is 0 Å². The van der Waals surface area contributed by atoms with E-state index >= 15 is 0 Å². The largest absolute Gasteiger partial charge is 0.441 e. The number of terminal acetylenes is 1. The highest BCUT2D eigenvalue weighted by atomic mass is 19.1. The van der Waals surface area contributed by atoms with Crippen LogP contribution < -0.4 is 5.32 Å². The van der Waals surface area contributed by atoms with Crippen LogP contribution in [0.2, 0.25) is 0 Å². The Balaban J connectivity index is 1.98. The Labute approximate surface area is 116 Å². The van der Waals surface area contributed by atoms with E-state index in [0.717, 1.165) is 0 Å². The van der Waals surface area contributed by atoms with Crippen molar-refractivity contribution in [2.45, 2.75) is 12.8 Å². The number of halogens is 1. The average molecular weight is 272 g/mol. The summed E-state index contributed by atoms with van der Waals surface area (Å²) in [5.74, 6) is 2.51. The summed E-state index contributed by atoms with van der Waals surface area (Å²) < 4.78 is 19.0. The van der Waals surface area contributed by atoms with E-state index in [0.29, 0.717) is 23.6 Å². The molecule has 1 aromatic carbocycles.